The van der Waals surface area contributed by atoms with Gasteiger partial charge in [0.25, 0.3) is 5.89 Å². The van der Waals surface area contributed by atoms with Crippen LogP contribution in [-0.2, 0) is 4.74 Å². The van der Waals surface area contributed by atoms with Crippen LogP contribution >= 0.6 is 0 Å². The van der Waals surface area contributed by atoms with E-state index < -0.39 is 0 Å². The predicted octanol–water partition coefficient (Wildman–Crippen LogP) is 2.64. The van der Waals surface area contributed by atoms with Gasteiger partial charge in [-0.2, -0.15) is 4.98 Å². The molecule has 4 nitrogen and oxygen atoms in total. The maximum atomic E-state index is 5.79. The summed E-state index contributed by atoms with van der Waals surface area (Å²) in [6.07, 6.45) is 0.732. The number of aromatic nitrogens is 2. The van der Waals surface area contributed by atoms with Crippen LogP contribution in [0.3, 0.4) is 0 Å². The summed E-state index contributed by atoms with van der Waals surface area (Å²) in [6, 6.07) is 0. The molecule has 0 saturated heterocycles. The molecule has 1 rings (SSSR count). The number of hydrogen-bond acceptors (Lipinski definition) is 4. The van der Waals surface area contributed by atoms with Crippen LogP contribution < -0.4 is 0 Å². The van der Waals surface area contributed by atoms with Crippen LogP contribution in [0.15, 0.2) is 4.52 Å². The first kappa shape index (κ1) is 11.2. The lowest BCUT2D eigenvalue weighted by Gasteiger charge is -2.24. The Morgan fingerprint density at radius 1 is 1.43 bits per heavy atom. The molecule has 0 N–H and O–H groups in total. The van der Waals surface area contributed by atoms with Gasteiger partial charge in [-0.1, -0.05) is 12.1 Å². The van der Waals surface area contributed by atoms with Crippen molar-refractivity contribution in [3.63, 3.8) is 0 Å². The van der Waals surface area contributed by atoms with E-state index in [2.05, 4.69) is 10.1 Å². The highest BCUT2D eigenvalue weighted by molar-refractivity contribution is 4.88. The number of aryl methyl sites for hydroxylation is 1. The minimum Gasteiger partial charge on any atom is -0.363 e. The molecule has 0 spiro atoms. The molecule has 0 amide bonds. The van der Waals surface area contributed by atoms with Crippen molar-refractivity contribution in [2.75, 3.05) is 0 Å². The third kappa shape index (κ3) is 3.10. The van der Waals surface area contributed by atoms with Gasteiger partial charge >= 0.3 is 0 Å². The lowest BCUT2D eigenvalue weighted by Crippen LogP contribution is -2.22. The second-order valence-electron chi connectivity index (χ2n) is 4.31. The van der Waals surface area contributed by atoms with Gasteiger partial charge in [0.1, 0.15) is 6.10 Å². The molecule has 0 bridgehead atoms. The molecular formula is C10H18N2O2. The van der Waals surface area contributed by atoms with E-state index in [1.807, 2.05) is 27.7 Å². The Hall–Kier alpha value is -0.900. The summed E-state index contributed by atoms with van der Waals surface area (Å²) in [5, 5.41) is 3.75. The van der Waals surface area contributed by atoms with Crippen molar-refractivity contribution in [2.24, 2.45) is 0 Å². The van der Waals surface area contributed by atoms with Gasteiger partial charge in [-0.15, -0.1) is 0 Å². The van der Waals surface area contributed by atoms with Crippen molar-refractivity contribution in [3.05, 3.63) is 11.7 Å². The molecule has 0 aromatic carbocycles. The maximum Gasteiger partial charge on any atom is 0.255 e. The smallest absolute Gasteiger partial charge is 0.255 e. The molecule has 4 heteroatoms. The Morgan fingerprint density at radius 3 is 2.43 bits per heavy atom. The van der Waals surface area contributed by atoms with Gasteiger partial charge in [-0.25, -0.2) is 0 Å². The average molecular weight is 198 g/mol. The summed E-state index contributed by atoms with van der Waals surface area (Å²) < 4.78 is 10.9. The van der Waals surface area contributed by atoms with Gasteiger partial charge in [0, 0.05) is 0 Å². The van der Waals surface area contributed by atoms with Crippen LogP contribution in [0, 0.1) is 6.92 Å². The fourth-order valence-electron chi connectivity index (χ4n) is 1.18. The normalized spacial score (nSPS) is 14.4. The summed E-state index contributed by atoms with van der Waals surface area (Å²) in [7, 11) is 0. The number of hydrogen-bond donors (Lipinski definition) is 0. The lowest BCUT2D eigenvalue weighted by molar-refractivity contribution is -0.0755. The van der Waals surface area contributed by atoms with Crippen LogP contribution in [0.2, 0.25) is 0 Å². The fourth-order valence-corrected chi connectivity index (χ4v) is 1.18. The summed E-state index contributed by atoms with van der Waals surface area (Å²) in [5.41, 5.74) is -0.191. The summed E-state index contributed by atoms with van der Waals surface area (Å²) >= 11 is 0. The van der Waals surface area contributed by atoms with Crippen LogP contribution in [0.5, 0.6) is 0 Å². The zero-order chi connectivity index (χ0) is 10.8. The zero-order valence-corrected chi connectivity index (χ0v) is 9.50. The number of rotatable bonds is 3. The highest BCUT2D eigenvalue weighted by Crippen LogP contribution is 2.25. The quantitative estimate of drug-likeness (QED) is 0.749. The first-order valence-corrected chi connectivity index (χ1v) is 4.90. The molecule has 1 unspecified atom stereocenters. The SMILES string of the molecule is CCC(OC(C)(C)C)c1nc(C)no1. The summed E-state index contributed by atoms with van der Waals surface area (Å²) in [4.78, 5) is 4.16. The molecule has 0 fully saturated rings. The third-order valence-electron chi connectivity index (χ3n) is 1.69. The van der Waals surface area contributed by atoms with Crippen molar-refractivity contribution in [1.82, 2.24) is 10.1 Å². The Morgan fingerprint density at radius 2 is 2.07 bits per heavy atom. The van der Waals surface area contributed by atoms with E-state index in [1.54, 1.807) is 6.92 Å². The first-order chi connectivity index (χ1) is 6.42. The number of ether oxygens (including phenoxy) is 1. The second-order valence-corrected chi connectivity index (χ2v) is 4.31. The topological polar surface area (TPSA) is 48.2 Å². The Bertz CT molecular complexity index is 289. The van der Waals surface area contributed by atoms with E-state index in [-0.39, 0.29) is 11.7 Å². The van der Waals surface area contributed by atoms with Crippen molar-refractivity contribution < 1.29 is 9.26 Å². The van der Waals surface area contributed by atoms with Gasteiger partial charge in [0.2, 0.25) is 0 Å². The van der Waals surface area contributed by atoms with E-state index in [0.29, 0.717) is 11.7 Å². The van der Waals surface area contributed by atoms with E-state index in [9.17, 15) is 0 Å². The van der Waals surface area contributed by atoms with E-state index in [4.69, 9.17) is 9.26 Å². The van der Waals surface area contributed by atoms with Gasteiger partial charge in [0.15, 0.2) is 5.82 Å². The molecule has 0 radical (unpaired) electrons. The predicted molar refractivity (Wildman–Crippen MR) is 52.9 cm³/mol. The van der Waals surface area contributed by atoms with Crippen LogP contribution in [0.25, 0.3) is 0 Å². The van der Waals surface area contributed by atoms with Gasteiger partial charge in [-0.05, 0) is 34.1 Å². The van der Waals surface area contributed by atoms with Gasteiger partial charge < -0.3 is 9.26 Å². The molecule has 1 heterocycles. The summed E-state index contributed by atoms with van der Waals surface area (Å²) in [5.74, 6) is 1.22. The van der Waals surface area contributed by atoms with E-state index in [1.165, 1.54) is 0 Å². The second kappa shape index (κ2) is 4.09. The molecule has 1 aromatic heterocycles. The van der Waals surface area contributed by atoms with Gasteiger partial charge in [0.05, 0.1) is 5.60 Å². The zero-order valence-electron chi connectivity index (χ0n) is 9.50. The monoisotopic (exact) mass is 198 g/mol. The molecule has 0 aliphatic carbocycles. The molecule has 0 aliphatic heterocycles. The van der Waals surface area contributed by atoms with Crippen molar-refractivity contribution in [2.45, 2.75) is 52.7 Å². The molecular weight excluding hydrogens is 180 g/mol. The van der Waals surface area contributed by atoms with E-state index >= 15 is 0 Å². The van der Waals surface area contributed by atoms with Crippen molar-refractivity contribution in [3.8, 4) is 0 Å². The van der Waals surface area contributed by atoms with Gasteiger partial charge in [-0.3, -0.25) is 0 Å². The fraction of sp³-hybridized carbons (Fsp3) is 0.800. The van der Waals surface area contributed by atoms with Crippen LogP contribution in [-0.4, -0.2) is 15.7 Å². The lowest BCUT2D eigenvalue weighted by atomic mass is 10.1. The highest BCUT2D eigenvalue weighted by Gasteiger charge is 2.23. The minimum absolute atomic E-state index is 0.101. The van der Waals surface area contributed by atoms with Crippen LogP contribution in [0.1, 0.15) is 51.9 Å². The van der Waals surface area contributed by atoms with Crippen molar-refractivity contribution in [1.29, 1.82) is 0 Å². The molecule has 80 valence electrons. The minimum atomic E-state index is -0.191. The highest BCUT2D eigenvalue weighted by atomic mass is 16.5. The molecule has 1 atom stereocenters. The van der Waals surface area contributed by atoms with Crippen molar-refractivity contribution >= 4 is 0 Å². The Kier molecular flexibility index (Phi) is 3.26. The largest absolute Gasteiger partial charge is 0.363 e. The first-order valence-electron chi connectivity index (χ1n) is 4.90. The third-order valence-corrected chi connectivity index (χ3v) is 1.69. The maximum absolute atomic E-state index is 5.79. The molecule has 14 heavy (non-hydrogen) atoms. The Balaban J connectivity index is 2.72. The van der Waals surface area contributed by atoms with Crippen LogP contribution in [0.4, 0.5) is 0 Å². The standard InChI is InChI=1S/C10H18N2O2/c1-6-8(13-10(3,4)5)9-11-7(2)12-14-9/h8H,6H2,1-5H3. The molecule has 0 saturated carbocycles. The summed E-state index contributed by atoms with van der Waals surface area (Å²) in [6.45, 7) is 9.88. The Labute approximate surface area is 84.6 Å². The average Bonchev–Trinajstić information content (AvgIpc) is 2.46. The number of nitrogens with zero attached hydrogens (tertiary/aromatic N) is 2. The van der Waals surface area contributed by atoms with E-state index in [0.717, 1.165) is 6.42 Å². The molecule has 1 aromatic rings. The molecule has 0 aliphatic rings.